The van der Waals surface area contributed by atoms with E-state index in [-0.39, 0.29) is 5.41 Å². The fourth-order valence-electron chi connectivity index (χ4n) is 4.20. The number of Topliss-reactive ketones (excluding diaryl/α,β-unsaturated/α-hetero) is 1. The number of carbonyl (C=O) groups excluding carboxylic acids is 1. The van der Waals surface area contributed by atoms with Gasteiger partial charge < -0.3 is 5.32 Å². The number of benzene rings is 1. The minimum atomic E-state index is -0.224. The van der Waals surface area contributed by atoms with Gasteiger partial charge >= 0.3 is 0 Å². The van der Waals surface area contributed by atoms with Crippen LogP contribution in [0, 0.1) is 11.8 Å². The molecule has 1 aromatic carbocycles. The maximum atomic E-state index is 13.4. The summed E-state index contributed by atoms with van der Waals surface area (Å²) in [5.41, 5.74) is 1.02. The van der Waals surface area contributed by atoms with Gasteiger partial charge in [0.2, 0.25) is 0 Å². The van der Waals surface area contributed by atoms with Gasteiger partial charge in [0, 0.05) is 5.92 Å². The number of rotatable bonds is 3. The molecule has 1 N–H and O–H groups in total. The molecule has 2 nitrogen and oxygen atoms in total. The molecule has 1 saturated carbocycles. The first-order chi connectivity index (χ1) is 10.2. The zero-order chi connectivity index (χ0) is 14.7. The van der Waals surface area contributed by atoms with Crippen molar-refractivity contribution in [2.75, 3.05) is 13.1 Å². The van der Waals surface area contributed by atoms with E-state index in [1.807, 2.05) is 6.07 Å². The molecule has 1 saturated heterocycles. The summed E-state index contributed by atoms with van der Waals surface area (Å²) in [5, 5.41) is 3.42. The average molecular weight is 285 g/mol. The molecule has 0 spiro atoms. The van der Waals surface area contributed by atoms with Gasteiger partial charge in [-0.3, -0.25) is 4.79 Å². The van der Waals surface area contributed by atoms with Crippen LogP contribution in [0.1, 0.15) is 51.0 Å². The van der Waals surface area contributed by atoms with Crippen LogP contribution in [0.5, 0.6) is 0 Å². The van der Waals surface area contributed by atoms with Crippen LogP contribution in [0.3, 0.4) is 0 Å². The molecule has 1 heterocycles. The summed E-state index contributed by atoms with van der Waals surface area (Å²) in [5.74, 6) is 1.62. The third kappa shape index (κ3) is 2.91. The Morgan fingerprint density at radius 2 is 1.67 bits per heavy atom. The third-order valence-electron chi connectivity index (χ3n) is 5.64. The van der Waals surface area contributed by atoms with Crippen molar-refractivity contribution in [3.63, 3.8) is 0 Å². The Bertz CT molecular complexity index is 468. The van der Waals surface area contributed by atoms with Crippen molar-refractivity contribution in [1.82, 2.24) is 5.32 Å². The van der Waals surface area contributed by atoms with Crippen LogP contribution in [-0.2, 0) is 10.2 Å². The monoisotopic (exact) mass is 285 g/mol. The SMILES string of the molecule is CC1CCC(C(=O)C2(c3ccccc3)CCNCC2)CC1. The first-order valence-electron chi connectivity index (χ1n) is 8.53. The first kappa shape index (κ1) is 14.8. The molecule has 1 aliphatic heterocycles. The van der Waals surface area contributed by atoms with Gasteiger partial charge in [0.1, 0.15) is 5.78 Å². The predicted molar refractivity (Wildman–Crippen MR) is 86.4 cm³/mol. The number of hydrogen-bond donors (Lipinski definition) is 1. The van der Waals surface area contributed by atoms with E-state index in [4.69, 9.17) is 0 Å². The lowest BCUT2D eigenvalue weighted by Crippen LogP contribution is -2.48. The van der Waals surface area contributed by atoms with E-state index in [2.05, 4.69) is 36.5 Å². The van der Waals surface area contributed by atoms with Crippen molar-refractivity contribution in [1.29, 1.82) is 0 Å². The lowest BCUT2D eigenvalue weighted by Gasteiger charge is -2.40. The van der Waals surface area contributed by atoms with E-state index in [1.54, 1.807) is 0 Å². The molecule has 0 bridgehead atoms. The van der Waals surface area contributed by atoms with Gasteiger partial charge in [0.25, 0.3) is 0 Å². The third-order valence-corrected chi connectivity index (χ3v) is 5.64. The van der Waals surface area contributed by atoms with Crippen LogP contribution in [0.4, 0.5) is 0 Å². The fourth-order valence-corrected chi connectivity index (χ4v) is 4.20. The normalized spacial score (nSPS) is 29.0. The fraction of sp³-hybridized carbons (Fsp3) is 0.632. The summed E-state index contributed by atoms with van der Waals surface area (Å²) >= 11 is 0. The van der Waals surface area contributed by atoms with Crippen molar-refractivity contribution in [2.45, 2.75) is 50.9 Å². The zero-order valence-corrected chi connectivity index (χ0v) is 13.1. The molecule has 0 radical (unpaired) electrons. The summed E-state index contributed by atoms with van der Waals surface area (Å²) in [6, 6.07) is 10.5. The van der Waals surface area contributed by atoms with E-state index in [9.17, 15) is 4.79 Å². The number of hydrogen-bond acceptors (Lipinski definition) is 2. The van der Waals surface area contributed by atoms with E-state index < -0.39 is 0 Å². The lowest BCUT2D eigenvalue weighted by atomic mass is 9.64. The quantitative estimate of drug-likeness (QED) is 0.917. The van der Waals surface area contributed by atoms with Gasteiger partial charge in [-0.2, -0.15) is 0 Å². The van der Waals surface area contributed by atoms with Crippen molar-refractivity contribution < 1.29 is 4.79 Å². The summed E-state index contributed by atoms with van der Waals surface area (Å²) in [4.78, 5) is 13.4. The zero-order valence-electron chi connectivity index (χ0n) is 13.1. The van der Waals surface area contributed by atoms with E-state index in [1.165, 1.54) is 18.4 Å². The van der Waals surface area contributed by atoms with Crippen LogP contribution in [0.2, 0.25) is 0 Å². The minimum Gasteiger partial charge on any atom is -0.317 e. The van der Waals surface area contributed by atoms with Crippen molar-refractivity contribution in [3.05, 3.63) is 35.9 Å². The topological polar surface area (TPSA) is 29.1 Å². The van der Waals surface area contributed by atoms with Gasteiger partial charge in [-0.25, -0.2) is 0 Å². The highest BCUT2D eigenvalue weighted by molar-refractivity contribution is 5.92. The highest BCUT2D eigenvalue weighted by atomic mass is 16.1. The number of carbonyl (C=O) groups is 1. The Kier molecular flexibility index (Phi) is 4.44. The average Bonchev–Trinajstić information content (AvgIpc) is 2.56. The Morgan fingerprint density at radius 3 is 2.29 bits per heavy atom. The Labute approximate surface area is 128 Å². The van der Waals surface area contributed by atoms with E-state index in [0.29, 0.717) is 11.7 Å². The summed E-state index contributed by atoms with van der Waals surface area (Å²) in [7, 11) is 0. The lowest BCUT2D eigenvalue weighted by molar-refractivity contribution is -0.131. The largest absolute Gasteiger partial charge is 0.317 e. The maximum absolute atomic E-state index is 13.4. The molecule has 0 unspecified atom stereocenters. The molecular formula is C19H27NO. The number of nitrogens with one attached hydrogen (secondary N) is 1. The highest BCUT2D eigenvalue weighted by Gasteiger charge is 2.44. The molecule has 0 aromatic heterocycles. The predicted octanol–water partition coefficient (Wildman–Crippen LogP) is 3.70. The molecule has 2 fully saturated rings. The Morgan fingerprint density at radius 1 is 1.05 bits per heavy atom. The van der Waals surface area contributed by atoms with Crippen molar-refractivity contribution >= 4 is 5.78 Å². The Balaban J connectivity index is 1.87. The summed E-state index contributed by atoms with van der Waals surface area (Å²) < 4.78 is 0. The van der Waals surface area contributed by atoms with E-state index >= 15 is 0 Å². The Hall–Kier alpha value is -1.15. The molecule has 0 amide bonds. The van der Waals surface area contributed by atoms with Gasteiger partial charge in [0.05, 0.1) is 5.41 Å². The molecule has 0 atom stereocenters. The van der Waals surface area contributed by atoms with Gasteiger partial charge in [-0.15, -0.1) is 0 Å². The highest BCUT2D eigenvalue weighted by Crippen LogP contribution is 2.40. The molecule has 3 rings (SSSR count). The first-order valence-corrected chi connectivity index (χ1v) is 8.53. The molecule has 2 heteroatoms. The second kappa shape index (κ2) is 6.31. The maximum Gasteiger partial charge on any atom is 0.146 e. The second-order valence-corrected chi connectivity index (χ2v) is 7.02. The van der Waals surface area contributed by atoms with E-state index in [0.717, 1.165) is 44.7 Å². The van der Waals surface area contributed by atoms with Crippen molar-refractivity contribution in [3.8, 4) is 0 Å². The minimum absolute atomic E-state index is 0.224. The van der Waals surface area contributed by atoms with Crippen LogP contribution in [0.25, 0.3) is 0 Å². The molecule has 1 aromatic rings. The molecule has 21 heavy (non-hydrogen) atoms. The van der Waals surface area contributed by atoms with Gasteiger partial charge in [-0.05, 0) is 50.3 Å². The van der Waals surface area contributed by atoms with Crippen LogP contribution < -0.4 is 5.32 Å². The van der Waals surface area contributed by atoms with Crippen molar-refractivity contribution in [2.24, 2.45) is 11.8 Å². The van der Waals surface area contributed by atoms with Crippen LogP contribution in [0.15, 0.2) is 30.3 Å². The molecule has 114 valence electrons. The van der Waals surface area contributed by atoms with Gasteiger partial charge in [-0.1, -0.05) is 50.1 Å². The second-order valence-electron chi connectivity index (χ2n) is 7.02. The number of ketones is 1. The van der Waals surface area contributed by atoms with Crippen LogP contribution >= 0.6 is 0 Å². The summed E-state index contributed by atoms with van der Waals surface area (Å²) in [6.45, 7) is 4.24. The van der Waals surface area contributed by atoms with Crippen LogP contribution in [-0.4, -0.2) is 18.9 Å². The standard InChI is InChI=1S/C19H27NO/c1-15-7-9-16(10-8-15)18(21)19(11-13-20-14-12-19)17-5-3-2-4-6-17/h2-6,15-16,20H,7-14H2,1H3. The molecule has 1 aliphatic carbocycles. The number of piperidine rings is 1. The summed E-state index contributed by atoms with van der Waals surface area (Å²) in [6.07, 6.45) is 6.56. The smallest absolute Gasteiger partial charge is 0.146 e. The molecular weight excluding hydrogens is 258 g/mol. The molecule has 2 aliphatic rings. The van der Waals surface area contributed by atoms with Gasteiger partial charge in [0.15, 0.2) is 0 Å².